The number of amides is 1. The second-order valence-corrected chi connectivity index (χ2v) is 4.25. The molecule has 1 amide bonds. The number of aliphatic hydroxyl groups excluding tert-OH is 1. The molecule has 0 heterocycles. The Balaban J connectivity index is 2.52. The summed E-state index contributed by atoms with van der Waals surface area (Å²) >= 11 is 0. The first kappa shape index (κ1) is 15.0. The van der Waals surface area contributed by atoms with Gasteiger partial charge in [0.15, 0.2) is 6.61 Å². The van der Waals surface area contributed by atoms with Crippen LogP contribution in [-0.4, -0.2) is 41.3 Å². The molecule has 6 nitrogen and oxygen atoms in total. The van der Waals surface area contributed by atoms with E-state index in [-0.39, 0.29) is 6.61 Å². The number of aliphatic hydroxyl groups is 1. The lowest BCUT2D eigenvalue weighted by Gasteiger charge is -2.12. The fourth-order valence-corrected chi connectivity index (χ4v) is 1.59. The van der Waals surface area contributed by atoms with E-state index in [2.05, 4.69) is 5.32 Å². The summed E-state index contributed by atoms with van der Waals surface area (Å²) < 4.78 is 5.27. The topological polar surface area (TPSA) is 95.9 Å². The van der Waals surface area contributed by atoms with E-state index in [0.29, 0.717) is 5.75 Å². The van der Waals surface area contributed by atoms with E-state index in [0.717, 1.165) is 11.1 Å². The van der Waals surface area contributed by atoms with Gasteiger partial charge in [0.1, 0.15) is 11.8 Å². The first-order chi connectivity index (χ1) is 8.92. The number of carbonyl (C=O) groups is 2. The van der Waals surface area contributed by atoms with E-state index in [1.165, 1.54) is 0 Å². The van der Waals surface area contributed by atoms with Crippen LogP contribution in [0.15, 0.2) is 18.2 Å². The fraction of sp³-hybridized carbons (Fsp3) is 0.385. The Hall–Kier alpha value is -2.08. The van der Waals surface area contributed by atoms with Gasteiger partial charge in [-0.1, -0.05) is 6.07 Å². The third-order valence-corrected chi connectivity index (χ3v) is 2.38. The molecule has 3 N–H and O–H groups in total. The number of ether oxygens (including phenoxy) is 1. The van der Waals surface area contributed by atoms with Crippen molar-refractivity contribution in [1.29, 1.82) is 0 Å². The number of rotatable bonds is 6. The van der Waals surface area contributed by atoms with Gasteiger partial charge in [-0.05, 0) is 37.1 Å². The molecule has 1 aromatic carbocycles. The molecule has 0 bridgehead atoms. The van der Waals surface area contributed by atoms with Crippen LogP contribution in [0.2, 0.25) is 0 Å². The summed E-state index contributed by atoms with van der Waals surface area (Å²) in [5.74, 6) is -1.34. The van der Waals surface area contributed by atoms with Gasteiger partial charge in [-0.15, -0.1) is 0 Å². The highest BCUT2D eigenvalue weighted by atomic mass is 16.5. The van der Waals surface area contributed by atoms with Crippen molar-refractivity contribution in [3.63, 3.8) is 0 Å². The SMILES string of the molecule is Cc1cc(C)cc(OCC(=O)NC(CO)C(=O)O)c1. The van der Waals surface area contributed by atoms with Gasteiger partial charge >= 0.3 is 5.97 Å². The monoisotopic (exact) mass is 267 g/mol. The van der Waals surface area contributed by atoms with Crippen LogP contribution in [0.25, 0.3) is 0 Å². The van der Waals surface area contributed by atoms with Crippen LogP contribution in [0.3, 0.4) is 0 Å². The second kappa shape index (κ2) is 6.75. The van der Waals surface area contributed by atoms with E-state index in [1.807, 2.05) is 19.9 Å². The van der Waals surface area contributed by atoms with E-state index < -0.39 is 24.5 Å². The smallest absolute Gasteiger partial charge is 0.328 e. The van der Waals surface area contributed by atoms with Crippen molar-refractivity contribution in [3.05, 3.63) is 29.3 Å². The molecule has 0 aliphatic carbocycles. The normalized spacial score (nSPS) is 11.7. The summed E-state index contributed by atoms with van der Waals surface area (Å²) in [6, 6.07) is 4.22. The maximum Gasteiger partial charge on any atom is 0.328 e. The third kappa shape index (κ3) is 4.97. The highest BCUT2D eigenvalue weighted by Gasteiger charge is 2.18. The molecule has 19 heavy (non-hydrogen) atoms. The van der Waals surface area contributed by atoms with Crippen LogP contribution in [0.1, 0.15) is 11.1 Å². The molecule has 104 valence electrons. The van der Waals surface area contributed by atoms with Crippen molar-refractivity contribution in [2.45, 2.75) is 19.9 Å². The minimum absolute atomic E-state index is 0.299. The Morgan fingerprint density at radius 1 is 1.26 bits per heavy atom. The molecular weight excluding hydrogens is 250 g/mol. The molecule has 0 aromatic heterocycles. The minimum Gasteiger partial charge on any atom is -0.484 e. The predicted octanol–water partition coefficient (Wildman–Crippen LogP) is 0.244. The lowest BCUT2D eigenvalue weighted by Crippen LogP contribution is -2.45. The molecule has 0 aliphatic heterocycles. The molecular formula is C13H17NO5. The number of nitrogens with one attached hydrogen (secondary N) is 1. The lowest BCUT2D eigenvalue weighted by atomic mass is 10.1. The highest BCUT2D eigenvalue weighted by Crippen LogP contribution is 2.15. The van der Waals surface area contributed by atoms with Gasteiger partial charge in [-0.25, -0.2) is 4.79 Å². The standard InChI is InChI=1S/C13H17NO5/c1-8-3-9(2)5-10(4-8)19-7-12(16)14-11(6-15)13(17)18/h3-5,11,15H,6-7H2,1-2H3,(H,14,16)(H,17,18). The molecule has 1 unspecified atom stereocenters. The Morgan fingerprint density at radius 3 is 2.32 bits per heavy atom. The van der Waals surface area contributed by atoms with Gasteiger partial charge < -0.3 is 20.3 Å². The van der Waals surface area contributed by atoms with Gasteiger partial charge in [0.05, 0.1) is 6.61 Å². The third-order valence-electron chi connectivity index (χ3n) is 2.38. The van der Waals surface area contributed by atoms with E-state index in [4.69, 9.17) is 14.9 Å². The first-order valence-corrected chi connectivity index (χ1v) is 5.76. The maximum absolute atomic E-state index is 11.4. The van der Waals surface area contributed by atoms with E-state index in [9.17, 15) is 9.59 Å². The number of aliphatic carboxylic acids is 1. The zero-order valence-electron chi connectivity index (χ0n) is 10.8. The molecule has 1 rings (SSSR count). The van der Waals surface area contributed by atoms with Crippen molar-refractivity contribution >= 4 is 11.9 Å². The fourth-order valence-electron chi connectivity index (χ4n) is 1.59. The molecule has 6 heteroatoms. The number of hydrogen-bond donors (Lipinski definition) is 3. The summed E-state index contributed by atoms with van der Waals surface area (Å²) in [6.45, 7) is 2.86. The Bertz CT molecular complexity index is 452. The van der Waals surface area contributed by atoms with Crippen molar-refractivity contribution in [1.82, 2.24) is 5.32 Å². The van der Waals surface area contributed by atoms with Crippen molar-refractivity contribution in [2.75, 3.05) is 13.2 Å². The number of aryl methyl sites for hydroxylation is 2. The number of benzene rings is 1. The summed E-state index contributed by atoms with van der Waals surface area (Å²) in [4.78, 5) is 22.1. The Morgan fingerprint density at radius 2 is 1.84 bits per heavy atom. The largest absolute Gasteiger partial charge is 0.484 e. The summed E-state index contributed by atoms with van der Waals surface area (Å²) in [7, 11) is 0. The van der Waals surface area contributed by atoms with E-state index in [1.54, 1.807) is 12.1 Å². The molecule has 0 aliphatic rings. The number of carbonyl (C=O) groups excluding carboxylic acids is 1. The van der Waals surface area contributed by atoms with Crippen LogP contribution >= 0.6 is 0 Å². The van der Waals surface area contributed by atoms with Crippen LogP contribution in [0.5, 0.6) is 5.75 Å². The molecule has 0 spiro atoms. The Labute approximate surface area is 111 Å². The zero-order valence-corrected chi connectivity index (χ0v) is 10.8. The van der Waals surface area contributed by atoms with Crippen LogP contribution in [-0.2, 0) is 9.59 Å². The number of hydrogen-bond acceptors (Lipinski definition) is 4. The molecule has 1 aromatic rings. The van der Waals surface area contributed by atoms with Crippen molar-refractivity contribution in [2.24, 2.45) is 0 Å². The molecule has 0 saturated heterocycles. The average molecular weight is 267 g/mol. The van der Waals surface area contributed by atoms with Crippen LogP contribution < -0.4 is 10.1 Å². The average Bonchev–Trinajstić information content (AvgIpc) is 2.32. The summed E-state index contributed by atoms with van der Waals surface area (Å²) in [6.07, 6.45) is 0. The van der Waals surface area contributed by atoms with Gasteiger partial charge in [0, 0.05) is 0 Å². The number of carboxylic acids is 1. The number of carboxylic acid groups (broad SMARTS) is 1. The van der Waals surface area contributed by atoms with Crippen molar-refractivity contribution in [3.8, 4) is 5.75 Å². The Kier molecular flexibility index (Phi) is 5.32. The quantitative estimate of drug-likeness (QED) is 0.686. The van der Waals surface area contributed by atoms with Gasteiger partial charge in [0.25, 0.3) is 5.91 Å². The summed E-state index contributed by atoms with van der Waals surface area (Å²) in [5.41, 5.74) is 2.02. The zero-order chi connectivity index (χ0) is 14.4. The summed E-state index contributed by atoms with van der Waals surface area (Å²) in [5, 5.41) is 19.6. The minimum atomic E-state index is -1.31. The molecule has 0 fully saturated rings. The first-order valence-electron chi connectivity index (χ1n) is 5.76. The van der Waals surface area contributed by atoms with E-state index >= 15 is 0 Å². The predicted molar refractivity (Wildman–Crippen MR) is 68.1 cm³/mol. The molecule has 0 saturated carbocycles. The second-order valence-electron chi connectivity index (χ2n) is 4.25. The van der Waals surface area contributed by atoms with Crippen molar-refractivity contribution < 1.29 is 24.5 Å². The molecule has 1 atom stereocenters. The van der Waals surface area contributed by atoms with Gasteiger partial charge in [0.2, 0.25) is 0 Å². The van der Waals surface area contributed by atoms with Crippen LogP contribution in [0.4, 0.5) is 0 Å². The highest BCUT2D eigenvalue weighted by molar-refractivity contribution is 5.84. The maximum atomic E-state index is 11.4. The molecule has 0 radical (unpaired) electrons. The lowest BCUT2D eigenvalue weighted by molar-refractivity contribution is -0.143. The van der Waals surface area contributed by atoms with Gasteiger partial charge in [-0.3, -0.25) is 4.79 Å². The van der Waals surface area contributed by atoms with Crippen LogP contribution in [0, 0.1) is 13.8 Å². The van der Waals surface area contributed by atoms with Gasteiger partial charge in [-0.2, -0.15) is 0 Å².